The van der Waals surface area contributed by atoms with Gasteiger partial charge in [-0.25, -0.2) is 0 Å². The van der Waals surface area contributed by atoms with Gasteiger partial charge in [-0.3, -0.25) is 9.59 Å². The minimum atomic E-state index is -0.356. The first-order valence-corrected chi connectivity index (χ1v) is 9.48. The van der Waals surface area contributed by atoms with Crippen molar-refractivity contribution in [2.75, 3.05) is 45.4 Å². The van der Waals surface area contributed by atoms with Gasteiger partial charge in [-0.1, -0.05) is 13.3 Å². The molecule has 1 N–H and O–H groups in total. The number of amides is 2. The molecule has 0 saturated carbocycles. The Kier molecular flexibility index (Phi) is 8.39. The second kappa shape index (κ2) is 10.8. The fourth-order valence-corrected chi connectivity index (χ4v) is 3.00. The molecule has 1 fully saturated rings. The SMILES string of the molecule is CCCCOCCCNC(=O)[C@@H]1CC(=O)N(c2ccc(OC)cc2OC)C1. The first-order chi connectivity index (χ1) is 13.1. The van der Waals surface area contributed by atoms with Crippen LogP contribution in [0.4, 0.5) is 5.69 Å². The molecule has 1 aromatic rings. The number of hydrogen-bond acceptors (Lipinski definition) is 5. The molecule has 0 aromatic heterocycles. The standard InChI is InChI=1S/C20H30N2O5/c1-4-5-10-27-11-6-9-21-20(24)15-12-19(23)22(14-15)17-8-7-16(25-2)13-18(17)26-3/h7-8,13,15H,4-6,9-12,14H2,1-3H3,(H,21,24)/t15-/m1/s1. The maximum atomic E-state index is 12.4. The second-order valence-electron chi connectivity index (χ2n) is 6.55. The van der Waals surface area contributed by atoms with E-state index in [-0.39, 0.29) is 24.2 Å². The van der Waals surface area contributed by atoms with E-state index < -0.39 is 0 Å². The molecule has 2 amide bonds. The average Bonchev–Trinajstić information content (AvgIpc) is 3.08. The number of benzene rings is 1. The molecule has 1 atom stereocenters. The molecule has 150 valence electrons. The highest BCUT2D eigenvalue weighted by atomic mass is 16.5. The summed E-state index contributed by atoms with van der Waals surface area (Å²) in [6.07, 6.45) is 3.14. The summed E-state index contributed by atoms with van der Waals surface area (Å²) < 4.78 is 16.0. The lowest BCUT2D eigenvalue weighted by Gasteiger charge is -2.20. The molecule has 27 heavy (non-hydrogen) atoms. The number of unbranched alkanes of at least 4 members (excludes halogenated alkanes) is 1. The van der Waals surface area contributed by atoms with Gasteiger partial charge in [-0.2, -0.15) is 0 Å². The van der Waals surface area contributed by atoms with Crippen molar-refractivity contribution in [3.8, 4) is 11.5 Å². The number of carbonyl (C=O) groups is 2. The van der Waals surface area contributed by atoms with E-state index in [9.17, 15) is 9.59 Å². The number of hydrogen-bond donors (Lipinski definition) is 1. The first kappa shape index (κ1) is 21.0. The van der Waals surface area contributed by atoms with Crippen molar-refractivity contribution in [3.05, 3.63) is 18.2 Å². The van der Waals surface area contributed by atoms with Crippen LogP contribution in [0.15, 0.2) is 18.2 Å². The molecule has 7 heteroatoms. The highest BCUT2D eigenvalue weighted by molar-refractivity contribution is 6.01. The molecular formula is C20H30N2O5. The number of carbonyl (C=O) groups excluding carboxylic acids is 2. The zero-order valence-corrected chi connectivity index (χ0v) is 16.5. The number of rotatable bonds is 11. The predicted octanol–water partition coefficient (Wildman–Crippen LogP) is 2.38. The Morgan fingerprint density at radius 1 is 1.22 bits per heavy atom. The van der Waals surface area contributed by atoms with Crippen LogP contribution in [0.5, 0.6) is 11.5 Å². The Morgan fingerprint density at radius 2 is 2.00 bits per heavy atom. The zero-order valence-electron chi connectivity index (χ0n) is 16.5. The lowest BCUT2D eigenvalue weighted by Crippen LogP contribution is -2.34. The van der Waals surface area contributed by atoms with Crippen molar-refractivity contribution >= 4 is 17.5 Å². The number of methoxy groups -OCH3 is 2. The van der Waals surface area contributed by atoms with Crippen LogP contribution in [0.2, 0.25) is 0 Å². The van der Waals surface area contributed by atoms with Crippen molar-refractivity contribution in [1.82, 2.24) is 5.32 Å². The molecule has 1 aliphatic rings. The van der Waals surface area contributed by atoms with E-state index in [1.54, 1.807) is 37.3 Å². The van der Waals surface area contributed by atoms with Gasteiger partial charge in [-0.05, 0) is 25.0 Å². The minimum Gasteiger partial charge on any atom is -0.497 e. The number of ether oxygens (including phenoxy) is 3. The quantitative estimate of drug-likeness (QED) is 0.598. The summed E-state index contributed by atoms with van der Waals surface area (Å²) in [6, 6.07) is 5.29. The highest BCUT2D eigenvalue weighted by Crippen LogP contribution is 2.35. The summed E-state index contributed by atoms with van der Waals surface area (Å²) in [5.74, 6) is 0.671. The molecule has 0 aliphatic carbocycles. The van der Waals surface area contributed by atoms with Crippen LogP contribution in [-0.4, -0.2) is 52.3 Å². The molecule has 0 radical (unpaired) electrons. The van der Waals surface area contributed by atoms with E-state index in [4.69, 9.17) is 14.2 Å². The number of nitrogens with zero attached hydrogens (tertiary/aromatic N) is 1. The molecule has 2 rings (SSSR count). The molecule has 7 nitrogen and oxygen atoms in total. The van der Waals surface area contributed by atoms with Gasteiger partial charge in [0.05, 0.1) is 25.8 Å². The van der Waals surface area contributed by atoms with Crippen molar-refractivity contribution < 1.29 is 23.8 Å². The molecular weight excluding hydrogens is 348 g/mol. The minimum absolute atomic E-state index is 0.0819. The lowest BCUT2D eigenvalue weighted by atomic mass is 10.1. The van der Waals surface area contributed by atoms with E-state index in [0.29, 0.717) is 36.9 Å². The van der Waals surface area contributed by atoms with Crippen LogP contribution in [0.25, 0.3) is 0 Å². The van der Waals surface area contributed by atoms with Gasteiger partial charge < -0.3 is 24.4 Å². The fourth-order valence-electron chi connectivity index (χ4n) is 3.00. The molecule has 1 saturated heterocycles. The van der Waals surface area contributed by atoms with E-state index in [1.165, 1.54) is 0 Å². The van der Waals surface area contributed by atoms with Gasteiger partial charge in [0.15, 0.2) is 0 Å². The van der Waals surface area contributed by atoms with Crippen molar-refractivity contribution in [2.45, 2.75) is 32.6 Å². The summed E-state index contributed by atoms with van der Waals surface area (Å²) in [5, 5.41) is 2.91. The lowest BCUT2D eigenvalue weighted by molar-refractivity contribution is -0.126. The Balaban J connectivity index is 1.85. The number of anilines is 1. The number of nitrogens with one attached hydrogen (secondary N) is 1. The maximum Gasteiger partial charge on any atom is 0.227 e. The highest BCUT2D eigenvalue weighted by Gasteiger charge is 2.36. The van der Waals surface area contributed by atoms with Crippen LogP contribution in [0.1, 0.15) is 32.6 Å². The molecule has 0 unspecified atom stereocenters. The smallest absolute Gasteiger partial charge is 0.227 e. The van der Waals surface area contributed by atoms with E-state index in [0.717, 1.165) is 25.9 Å². The predicted molar refractivity (Wildman–Crippen MR) is 103 cm³/mol. The average molecular weight is 378 g/mol. The molecule has 0 spiro atoms. The third-order valence-corrected chi connectivity index (χ3v) is 4.58. The Labute approximate surface area is 161 Å². The topological polar surface area (TPSA) is 77.1 Å². The first-order valence-electron chi connectivity index (χ1n) is 9.48. The normalized spacial score (nSPS) is 16.5. The van der Waals surface area contributed by atoms with Crippen LogP contribution >= 0.6 is 0 Å². The second-order valence-corrected chi connectivity index (χ2v) is 6.55. The van der Waals surface area contributed by atoms with E-state index >= 15 is 0 Å². The summed E-state index contributed by atoms with van der Waals surface area (Å²) in [6.45, 7) is 4.43. The van der Waals surface area contributed by atoms with E-state index in [2.05, 4.69) is 12.2 Å². The van der Waals surface area contributed by atoms with Crippen LogP contribution in [0.3, 0.4) is 0 Å². The van der Waals surface area contributed by atoms with E-state index in [1.807, 2.05) is 0 Å². The third-order valence-electron chi connectivity index (χ3n) is 4.58. The van der Waals surface area contributed by atoms with Gasteiger partial charge in [0.2, 0.25) is 11.8 Å². The Bertz CT molecular complexity index is 635. The van der Waals surface area contributed by atoms with Crippen LogP contribution in [-0.2, 0) is 14.3 Å². The molecule has 1 heterocycles. The summed E-state index contributed by atoms with van der Waals surface area (Å²) in [7, 11) is 3.12. The Hall–Kier alpha value is -2.28. The maximum absolute atomic E-state index is 12.4. The summed E-state index contributed by atoms with van der Waals surface area (Å²) in [4.78, 5) is 26.4. The van der Waals surface area contributed by atoms with Gasteiger partial charge in [-0.15, -0.1) is 0 Å². The van der Waals surface area contributed by atoms with Crippen LogP contribution < -0.4 is 19.7 Å². The van der Waals surface area contributed by atoms with Gasteiger partial charge in [0.25, 0.3) is 0 Å². The molecule has 1 aromatic carbocycles. The van der Waals surface area contributed by atoms with Gasteiger partial charge in [0.1, 0.15) is 11.5 Å². The van der Waals surface area contributed by atoms with Gasteiger partial charge in [0, 0.05) is 38.8 Å². The summed E-state index contributed by atoms with van der Waals surface area (Å²) >= 11 is 0. The Morgan fingerprint density at radius 3 is 2.70 bits per heavy atom. The molecule has 1 aliphatic heterocycles. The fraction of sp³-hybridized carbons (Fsp3) is 0.600. The van der Waals surface area contributed by atoms with Gasteiger partial charge >= 0.3 is 0 Å². The molecule has 0 bridgehead atoms. The largest absolute Gasteiger partial charge is 0.497 e. The van der Waals surface area contributed by atoms with Crippen molar-refractivity contribution in [2.24, 2.45) is 5.92 Å². The van der Waals surface area contributed by atoms with Crippen molar-refractivity contribution in [3.63, 3.8) is 0 Å². The monoisotopic (exact) mass is 378 g/mol. The van der Waals surface area contributed by atoms with Crippen LogP contribution in [0, 0.1) is 5.92 Å². The zero-order chi connectivity index (χ0) is 19.6. The summed E-state index contributed by atoms with van der Waals surface area (Å²) in [5.41, 5.74) is 0.655. The third kappa shape index (κ3) is 5.85. The van der Waals surface area contributed by atoms with Crippen molar-refractivity contribution in [1.29, 1.82) is 0 Å².